The fraction of sp³-hybridized carbons (Fsp3) is 0.688. The van der Waals surface area contributed by atoms with Crippen molar-refractivity contribution in [3.8, 4) is 0 Å². The zero-order valence-electron chi connectivity index (χ0n) is 13.5. The molecule has 1 aliphatic carbocycles. The smallest absolute Gasteiger partial charge is 0.225 e. The maximum Gasteiger partial charge on any atom is 0.225 e. The van der Waals surface area contributed by atoms with Crippen molar-refractivity contribution >= 4 is 17.4 Å². The van der Waals surface area contributed by atoms with Crippen LogP contribution < -0.4 is 9.80 Å². The van der Waals surface area contributed by atoms with Crippen molar-refractivity contribution in [3.05, 3.63) is 12.3 Å². The van der Waals surface area contributed by atoms with Crippen LogP contribution in [0.5, 0.6) is 0 Å². The number of carbonyl (C=O) groups excluding carboxylic acids is 1. The minimum Gasteiger partial charge on any atom is -0.376 e. The number of hydrogen-bond acceptors (Lipinski definition) is 5. The van der Waals surface area contributed by atoms with Gasteiger partial charge in [-0.3, -0.25) is 4.79 Å². The normalized spacial score (nSPS) is 19.5. The molecule has 0 aromatic carbocycles. The highest BCUT2D eigenvalue weighted by Crippen LogP contribution is 2.27. The van der Waals surface area contributed by atoms with Gasteiger partial charge in [0.15, 0.2) is 5.82 Å². The van der Waals surface area contributed by atoms with Crippen LogP contribution in [0.15, 0.2) is 12.3 Å². The summed E-state index contributed by atoms with van der Waals surface area (Å²) in [5.41, 5.74) is 1.05. The number of piperazine rings is 1. The van der Waals surface area contributed by atoms with Crippen molar-refractivity contribution < 1.29 is 4.79 Å². The summed E-state index contributed by atoms with van der Waals surface area (Å²) >= 11 is 0. The molecule has 0 spiro atoms. The lowest BCUT2D eigenvalue weighted by atomic mass is 10.1. The summed E-state index contributed by atoms with van der Waals surface area (Å²) in [4.78, 5) is 18.7. The quantitative estimate of drug-likeness (QED) is 0.844. The molecule has 3 rings (SSSR count). The Labute approximate surface area is 132 Å². The Morgan fingerprint density at radius 1 is 1.18 bits per heavy atom. The number of carbonyl (C=O) groups is 1. The van der Waals surface area contributed by atoms with Crippen LogP contribution in [0.2, 0.25) is 0 Å². The average Bonchev–Trinajstić information content (AvgIpc) is 3.09. The number of nitrogens with zero attached hydrogens (tertiary/aromatic N) is 5. The van der Waals surface area contributed by atoms with E-state index in [4.69, 9.17) is 0 Å². The van der Waals surface area contributed by atoms with Crippen LogP contribution in [0, 0.1) is 5.92 Å². The molecule has 0 unspecified atom stereocenters. The van der Waals surface area contributed by atoms with Gasteiger partial charge in [0.25, 0.3) is 0 Å². The zero-order valence-corrected chi connectivity index (χ0v) is 13.5. The van der Waals surface area contributed by atoms with Crippen molar-refractivity contribution in [2.75, 3.05) is 50.1 Å². The Morgan fingerprint density at radius 3 is 2.50 bits per heavy atom. The summed E-state index contributed by atoms with van der Waals surface area (Å²) in [5.74, 6) is 1.55. The Kier molecular flexibility index (Phi) is 4.45. The first-order valence-corrected chi connectivity index (χ1v) is 8.19. The Balaban J connectivity index is 1.59. The number of aromatic nitrogens is 2. The van der Waals surface area contributed by atoms with Crippen molar-refractivity contribution in [3.63, 3.8) is 0 Å². The van der Waals surface area contributed by atoms with Gasteiger partial charge in [-0.2, -0.15) is 5.10 Å². The van der Waals surface area contributed by atoms with Crippen LogP contribution in [-0.4, -0.2) is 61.3 Å². The van der Waals surface area contributed by atoms with E-state index >= 15 is 0 Å². The Bertz CT molecular complexity index is 519. The standard InChI is InChI=1S/C16H25N5O/c1-19(2)14-11-15(18-17-12-14)20-7-9-21(10-8-20)16(22)13-5-3-4-6-13/h11-13H,3-10H2,1-2H3. The van der Waals surface area contributed by atoms with E-state index in [1.807, 2.05) is 23.9 Å². The number of anilines is 2. The highest BCUT2D eigenvalue weighted by Gasteiger charge is 2.29. The molecule has 0 radical (unpaired) electrons. The third-order valence-electron chi connectivity index (χ3n) is 4.76. The molecule has 1 amide bonds. The van der Waals surface area contributed by atoms with E-state index in [0.29, 0.717) is 5.91 Å². The van der Waals surface area contributed by atoms with E-state index in [2.05, 4.69) is 21.2 Å². The number of amides is 1. The topological polar surface area (TPSA) is 52.6 Å². The Morgan fingerprint density at radius 2 is 1.86 bits per heavy atom. The molecule has 1 aromatic rings. The second-order valence-corrected chi connectivity index (χ2v) is 6.46. The minimum atomic E-state index is 0.281. The first-order chi connectivity index (χ1) is 10.6. The second kappa shape index (κ2) is 6.50. The maximum absolute atomic E-state index is 12.5. The van der Waals surface area contributed by atoms with E-state index in [9.17, 15) is 4.79 Å². The summed E-state index contributed by atoms with van der Waals surface area (Å²) in [6.45, 7) is 3.26. The van der Waals surface area contributed by atoms with E-state index in [1.54, 1.807) is 6.20 Å². The number of rotatable bonds is 3. The monoisotopic (exact) mass is 303 g/mol. The average molecular weight is 303 g/mol. The van der Waals surface area contributed by atoms with Crippen molar-refractivity contribution in [1.29, 1.82) is 0 Å². The summed E-state index contributed by atoms with van der Waals surface area (Å²) < 4.78 is 0. The van der Waals surface area contributed by atoms with E-state index in [0.717, 1.165) is 50.5 Å². The third kappa shape index (κ3) is 3.15. The predicted molar refractivity (Wildman–Crippen MR) is 87.1 cm³/mol. The van der Waals surface area contributed by atoms with Crippen LogP contribution in [-0.2, 0) is 4.79 Å². The lowest BCUT2D eigenvalue weighted by Gasteiger charge is -2.36. The summed E-state index contributed by atoms with van der Waals surface area (Å²) in [6.07, 6.45) is 6.35. The van der Waals surface area contributed by atoms with Crippen molar-refractivity contribution in [2.45, 2.75) is 25.7 Å². The molecule has 0 atom stereocenters. The van der Waals surface area contributed by atoms with Crippen LogP contribution in [0.25, 0.3) is 0 Å². The third-order valence-corrected chi connectivity index (χ3v) is 4.76. The molecular formula is C16H25N5O. The van der Waals surface area contributed by atoms with Crippen LogP contribution in [0.4, 0.5) is 11.5 Å². The zero-order chi connectivity index (χ0) is 15.5. The molecule has 1 saturated heterocycles. The van der Waals surface area contributed by atoms with E-state index < -0.39 is 0 Å². The van der Waals surface area contributed by atoms with Crippen molar-refractivity contribution in [1.82, 2.24) is 15.1 Å². The predicted octanol–water partition coefficient (Wildman–Crippen LogP) is 1.38. The lowest BCUT2D eigenvalue weighted by Crippen LogP contribution is -2.50. The van der Waals surface area contributed by atoms with Crippen LogP contribution >= 0.6 is 0 Å². The van der Waals surface area contributed by atoms with E-state index in [1.165, 1.54) is 12.8 Å². The van der Waals surface area contributed by atoms with Gasteiger partial charge in [-0.1, -0.05) is 12.8 Å². The molecule has 0 bridgehead atoms. The second-order valence-electron chi connectivity index (χ2n) is 6.46. The van der Waals surface area contributed by atoms with Gasteiger partial charge in [0.05, 0.1) is 11.9 Å². The van der Waals surface area contributed by atoms with Gasteiger partial charge < -0.3 is 14.7 Å². The van der Waals surface area contributed by atoms with Gasteiger partial charge in [0.2, 0.25) is 5.91 Å². The molecule has 1 saturated carbocycles. The molecule has 1 aromatic heterocycles. The van der Waals surface area contributed by atoms with Crippen LogP contribution in [0.1, 0.15) is 25.7 Å². The molecule has 1 aliphatic heterocycles. The summed E-state index contributed by atoms with van der Waals surface area (Å²) in [6, 6.07) is 2.06. The molecule has 22 heavy (non-hydrogen) atoms. The highest BCUT2D eigenvalue weighted by atomic mass is 16.2. The van der Waals surface area contributed by atoms with Gasteiger partial charge >= 0.3 is 0 Å². The van der Waals surface area contributed by atoms with Crippen LogP contribution in [0.3, 0.4) is 0 Å². The van der Waals surface area contributed by atoms with Gasteiger partial charge in [-0.25, -0.2) is 0 Å². The maximum atomic E-state index is 12.5. The van der Waals surface area contributed by atoms with Gasteiger partial charge in [0.1, 0.15) is 0 Å². The molecule has 120 valence electrons. The molecule has 2 aliphatic rings. The first-order valence-electron chi connectivity index (χ1n) is 8.19. The Hall–Kier alpha value is -1.85. The fourth-order valence-electron chi connectivity index (χ4n) is 3.33. The highest BCUT2D eigenvalue weighted by molar-refractivity contribution is 5.79. The molecule has 2 heterocycles. The van der Waals surface area contributed by atoms with Gasteiger partial charge in [-0.15, -0.1) is 5.10 Å². The largest absolute Gasteiger partial charge is 0.376 e. The molecule has 2 fully saturated rings. The lowest BCUT2D eigenvalue weighted by molar-refractivity contribution is -0.135. The molecular weight excluding hydrogens is 278 g/mol. The van der Waals surface area contributed by atoms with Gasteiger partial charge in [-0.05, 0) is 12.8 Å². The molecule has 0 N–H and O–H groups in total. The first kappa shape index (κ1) is 15.1. The van der Waals surface area contributed by atoms with Crippen molar-refractivity contribution in [2.24, 2.45) is 5.92 Å². The minimum absolute atomic E-state index is 0.281. The molecule has 6 nitrogen and oxygen atoms in total. The summed E-state index contributed by atoms with van der Waals surface area (Å²) in [5, 5.41) is 8.32. The van der Waals surface area contributed by atoms with Gasteiger partial charge in [0, 0.05) is 52.3 Å². The SMILES string of the molecule is CN(C)c1cnnc(N2CCN(C(=O)C3CCCC3)CC2)c1. The number of hydrogen-bond donors (Lipinski definition) is 0. The van der Waals surface area contributed by atoms with E-state index in [-0.39, 0.29) is 5.92 Å². The molecule has 6 heteroatoms. The fourth-order valence-corrected chi connectivity index (χ4v) is 3.33. The summed E-state index contributed by atoms with van der Waals surface area (Å²) in [7, 11) is 4.00.